The third kappa shape index (κ3) is 5.10. The van der Waals surface area contributed by atoms with Crippen molar-refractivity contribution in [2.45, 2.75) is 51.7 Å². The second-order valence-corrected chi connectivity index (χ2v) is 9.90. The predicted octanol–water partition coefficient (Wildman–Crippen LogP) is 3.44. The van der Waals surface area contributed by atoms with Gasteiger partial charge in [0, 0.05) is 56.6 Å². The molecule has 1 aromatic heterocycles. The molecule has 0 amide bonds. The Morgan fingerprint density at radius 2 is 1.88 bits per heavy atom. The average molecular weight is 465 g/mol. The van der Waals surface area contributed by atoms with Gasteiger partial charge in [-0.15, -0.1) is 0 Å². The van der Waals surface area contributed by atoms with Crippen molar-refractivity contribution in [2.24, 2.45) is 4.99 Å². The summed E-state index contributed by atoms with van der Waals surface area (Å²) in [4.78, 5) is 17.2. The second kappa shape index (κ2) is 10.4. The zero-order chi connectivity index (χ0) is 23.5. The number of aromatic nitrogens is 1. The number of nitrogens with one attached hydrogen (secondary N) is 1. The lowest BCUT2D eigenvalue weighted by Crippen LogP contribution is -2.58. The Balaban J connectivity index is 1.17. The molecule has 3 aliphatic heterocycles. The molecule has 0 saturated carbocycles. The van der Waals surface area contributed by atoms with Gasteiger partial charge >= 0.3 is 0 Å². The summed E-state index contributed by atoms with van der Waals surface area (Å²) in [6.07, 6.45) is 5.55. The van der Waals surface area contributed by atoms with E-state index < -0.39 is 0 Å². The fourth-order valence-corrected chi connectivity index (χ4v) is 5.78. The maximum absolute atomic E-state index is 13.2. The van der Waals surface area contributed by atoms with Gasteiger partial charge in [0.2, 0.25) is 0 Å². The molecule has 0 aliphatic carbocycles. The Morgan fingerprint density at radius 3 is 2.56 bits per heavy atom. The van der Waals surface area contributed by atoms with Gasteiger partial charge in [-0.05, 0) is 68.6 Å². The van der Waals surface area contributed by atoms with E-state index in [4.69, 9.17) is 4.98 Å². The number of hydrogen-bond donors (Lipinski definition) is 1. The topological polar surface area (TPSA) is 47.0 Å². The lowest BCUT2D eigenvalue weighted by Gasteiger charge is -2.48. The molecule has 0 spiro atoms. The minimum atomic E-state index is -0.159. The highest BCUT2D eigenvalue weighted by molar-refractivity contribution is 5.99. The van der Waals surface area contributed by atoms with E-state index in [0.29, 0.717) is 12.1 Å². The number of aryl methyl sites for hydroxylation is 1. The third-order valence-electron chi connectivity index (χ3n) is 7.64. The molecule has 0 bridgehead atoms. The molecule has 7 heteroatoms. The van der Waals surface area contributed by atoms with Crippen molar-refractivity contribution in [1.82, 2.24) is 20.1 Å². The summed E-state index contributed by atoms with van der Waals surface area (Å²) in [6.45, 7) is 12.6. The minimum Gasteiger partial charge on any atom is -0.368 e. The number of benzene rings is 1. The standard InChI is InChI=1S/C27H37FN6/c1-3-24-19-33(27-20(2)16-22(17-31-27)26-29-10-11-30-26)14-15-34(24)25-8-12-32(13-9-25)18-21-4-6-23(28)7-5-21/h4-7,16-17,24-25H,3,8-15,18-19H2,1-2H3,(H,29,30)/t24-/m0/s1. The van der Waals surface area contributed by atoms with Gasteiger partial charge in [-0.1, -0.05) is 19.1 Å². The zero-order valence-electron chi connectivity index (χ0n) is 20.5. The Bertz CT molecular complexity index is 999. The van der Waals surface area contributed by atoms with Crippen LogP contribution < -0.4 is 10.2 Å². The highest BCUT2D eigenvalue weighted by Gasteiger charge is 2.33. The van der Waals surface area contributed by atoms with E-state index in [1.807, 2.05) is 18.3 Å². The van der Waals surface area contributed by atoms with Crippen LogP contribution in [0.4, 0.5) is 10.2 Å². The highest BCUT2D eigenvalue weighted by Crippen LogP contribution is 2.27. The van der Waals surface area contributed by atoms with E-state index in [1.54, 1.807) is 12.1 Å². The number of hydrogen-bond acceptors (Lipinski definition) is 6. The van der Waals surface area contributed by atoms with Crippen LogP contribution in [0.15, 0.2) is 41.5 Å². The molecule has 34 heavy (non-hydrogen) atoms. The summed E-state index contributed by atoms with van der Waals surface area (Å²) in [5.74, 6) is 1.94. The molecule has 2 fully saturated rings. The first kappa shape index (κ1) is 23.2. The quantitative estimate of drug-likeness (QED) is 0.710. The van der Waals surface area contributed by atoms with Crippen LogP contribution in [-0.2, 0) is 6.54 Å². The van der Waals surface area contributed by atoms with Gasteiger partial charge in [0.15, 0.2) is 0 Å². The van der Waals surface area contributed by atoms with Gasteiger partial charge in [-0.3, -0.25) is 14.8 Å². The molecule has 5 rings (SSSR count). The first-order valence-corrected chi connectivity index (χ1v) is 12.8. The molecule has 1 aromatic carbocycles. The molecule has 0 unspecified atom stereocenters. The van der Waals surface area contributed by atoms with E-state index in [1.165, 1.54) is 24.0 Å². The number of halogens is 1. The SMILES string of the molecule is CC[C@H]1CN(c2ncc(C3=NCCN3)cc2C)CCN1C1CCN(Cc2ccc(F)cc2)CC1. The van der Waals surface area contributed by atoms with Gasteiger partial charge < -0.3 is 10.2 Å². The zero-order valence-corrected chi connectivity index (χ0v) is 20.5. The first-order valence-electron chi connectivity index (χ1n) is 12.8. The van der Waals surface area contributed by atoms with Crippen LogP contribution >= 0.6 is 0 Å². The summed E-state index contributed by atoms with van der Waals surface area (Å²) >= 11 is 0. The molecular formula is C27H37FN6. The maximum Gasteiger partial charge on any atom is 0.131 e. The lowest BCUT2D eigenvalue weighted by atomic mass is 9.97. The summed E-state index contributed by atoms with van der Waals surface area (Å²) in [6, 6.07) is 10.4. The van der Waals surface area contributed by atoms with Gasteiger partial charge in [-0.2, -0.15) is 0 Å². The molecule has 1 N–H and O–H groups in total. The second-order valence-electron chi connectivity index (χ2n) is 9.90. The molecule has 1 atom stereocenters. The van der Waals surface area contributed by atoms with Crippen molar-refractivity contribution >= 4 is 11.7 Å². The molecule has 3 aliphatic rings. The normalized spacial score (nSPS) is 22.6. The predicted molar refractivity (Wildman–Crippen MR) is 136 cm³/mol. The Hall–Kier alpha value is -2.51. The summed E-state index contributed by atoms with van der Waals surface area (Å²) in [7, 11) is 0. The van der Waals surface area contributed by atoms with Crippen molar-refractivity contribution in [2.75, 3.05) is 50.7 Å². The Morgan fingerprint density at radius 1 is 1.09 bits per heavy atom. The van der Waals surface area contributed by atoms with Crippen LogP contribution in [0.3, 0.4) is 0 Å². The largest absolute Gasteiger partial charge is 0.368 e. The fourth-order valence-electron chi connectivity index (χ4n) is 5.78. The monoisotopic (exact) mass is 464 g/mol. The van der Waals surface area contributed by atoms with Crippen molar-refractivity contribution in [3.63, 3.8) is 0 Å². The molecule has 6 nitrogen and oxygen atoms in total. The number of anilines is 1. The molecule has 0 radical (unpaired) electrons. The van der Waals surface area contributed by atoms with Crippen molar-refractivity contribution < 1.29 is 4.39 Å². The number of aliphatic imine (C=N–C) groups is 1. The lowest BCUT2D eigenvalue weighted by molar-refractivity contribution is 0.0610. The summed E-state index contributed by atoms with van der Waals surface area (Å²) in [5, 5.41) is 3.35. The van der Waals surface area contributed by atoms with Crippen LogP contribution in [0.2, 0.25) is 0 Å². The fraction of sp³-hybridized carbons (Fsp3) is 0.556. The number of nitrogens with zero attached hydrogens (tertiary/aromatic N) is 5. The highest BCUT2D eigenvalue weighted by atomic mass is 19.1. The molecule has 2 saturated heterocycles. The van der Waals surface area contributed by atoms with Crippen LogP contribution in [-0.4, -0.2) is 78.5 Å². The van der Waals surface area contributed by atoms with Crippen LogP contribution in [0, 0.1) is 12.7 Å². The van der Waals surface area contributed by atoms with E-state index in [9.17, 15) is 4.39 Å². The van der Waals surface area contributed by atoms with Crippen LogP contribution in [0.25, 0.3) is 0 Å². The van der Waals surface area contributed by atoms with Crippen molar-refractivity contribution in [1.29, 1.82) is 0 Å². The van der Waals surface area contributed by atoms with Crippen molar-refractivity contribution in [3.8, 4) is 0 Å². The van der Waals surface area contributed by atoms with Gasteiger partial charge in [0.25, 0.3) is 0 Å². The molecule has 2 aromatic rings. The van der Waals surface area contributed by atoms with Crippen LogP contribution in [0.5, 0.6) is 0 Å². The van der Waals surface area contributed by atoms with Gasteiger partial charge in [-0.25, -0.2) is 9.37 Å². The first-order chi connectivity index (χ1) is 16.6. The van der Waals surface area contributed by atoms with Crippen LogP contribution in [0.1, 0.15) is 42.9 Å². The van der Waals surface area contributed by atoms with Gasteiger partial charge in [0.05, 0.1) is 6.54 Å². The average Bonchev–Trinajstić information content (AvgIpc) is 3.41. The van der Waals surface area contributed by atoms with Gasteiger partial charge in [0.1, 0.15) is 17.5 Å². The number of likely N-dealkylation sites (tertiary alicyclic amines) is 1. The Labute approximate surface area is 202 Å². The maximum atomic E-state index is 13.2. The summed E-state index contributed by atoms with van der Waals surface area (Å²) in [5.41, 5.74) is 3.52. The number of piperidine rings is 1. The number of rotatable bonds is 6. The van der Waals surface area contributed by atoms with Crippen molar-refractivity contribution in [3.05, 3.63) is 59.0 Å². The number of piperazine rings is 1. The summed E-state index contributed by atoms with van der Waals surface area (Å²) < 4.78 is 13.2. The molecule has 182 valence electrons. The minimum absolute atomic E-state index is 0.159. The molecule has 4 heterocycles. The number of pyridine rings is 1. The van der Waals surface area contributed by atoms with E-state index in [2.05, 4.69) is 44.9 Å². The third-order valence-corrected chi connectivity index (χ3v) is 7.64. The van der Waals surface area contributed by atoms with E-state index in [0.717, 1.165) is 76.0 Å². The van der Waals surface area contributed by atoms with E-state index in [-0.39, 0.29) is 5.82 Å². The smallest absolute Gasteiger partial charge is 0.131 e. The number of amidine groups is 1. The van der Waals surface area contributed by atoms with E-state index >= 15 is 0 Å². The molecular weight excluding hydrogens is 427 g/mol. The Kier molecular flexibility index (Phi) is 7.11.